The van der Waals surface area contributed by atoms with Crippen LogP contribution in [0.25, 0.3) is 0 Å². The molecule has 0 bridgehead atoms. The van der Waals surface area contributed by atoms with E-state index < -0.39 is 29.7 Å². The first-order chi connectivity index (χ1) is 14.0. The summed E-state index contributed by atoms with van der Waals surface area (Å²) < 4.78 is 58.2. The molecule has 10 heteroatoms. The highest BCUT2D eigenvalue weighted by Gasteiger charge is 2.31. The van der Waals surface area contributed by atoms with Gasteiger partial charge in [0.05, 0.1) is 30.9 Å². The maximum Gasteiger partial charge on any atom is 0.282 e. The molecule has 0 amide bonds. The molecule has 1 aliphatic rings. The van der Waals surface area contributed by atoms with Gasteiger partial charge in [0.25, 0.3) is 20.0 Å². The summed E-state index contributed by atoms with van der Waals surface area (Å²) in [4.78, 5) is -1.01. The summed E-state index contributed by atoms with van der Waals surface area (Å²) in [5.74, 6) is 0. The predicted octanol–water partition coefficient (Wildman–Crippen LogP) is 4.36. The minimum absolute atomic E-state index is 0.0845. The van der Waals surface area contributed by atoms with E-state index in [2.05, 4.69) is 40.7 Å². The van der Waals surface area contributed by atoms with Crippen molar-refractivity contribution in [2.45, 2.75) is 33.3 Å². The van der Waals surface area contributed by atoms with Gasteiger partial charge in [0.2, 0.25) is 0 Å². The maximum atomic E-state index is 12.6. The molecule has 30 heavy (non-hydrogen) atoms. The third-order valence-electron chi connectivity index (χ3n) is 4.34. The molecule has 0 aromatic heterocycles. The molecule has 0 saturated carbocycles. The van der Waals surface area contributed by atoms with E-state index in [1.165, 1.54) is 36.4 Å². The fourth-order valence-corrected chi connectivity index (χ4v) is 6.02. The lowest BCUT2D eigenvalue weighted by Crippen LogP contribution is -2.34. The smallest absolute Gasteiger partial charge is 0.199 e. The Kier molecular flexibility index (Phi) is 6.81. The molecule has 158 valence electrons. The average Bonchev–Trinajstić information content (AvgIpc) is 2.68. The lowest BCUT2D eigenvalue weighted by molar-refractivity contribution is 0.596. The van der Waals surface area contributed by atoms with Gasteiger partial charge in [-0.15, -0.1) is 0 Å². The first kappa shape index (κ1) is 23.1. The Morgan fingerprint density at radius 3 is 1.23 bits per heavy atom. The number of hydrogen-bond donors (Lipinski definition) is 0. The first-order valence-electron chi connectivity index (χ1n) is 8.79. The van der Waals surface area contributed by atoms with Crippen LogP contribution in [0.4, 0.5) is 0 Å². The zero-order chi connectivity index (χ0) is 22.1. The van der Waals surface area contributed by atoms with Gasteiger partial charge in [-0.3, -0.25) is 0 Å². The van der Waals surface area contributed by atoms with Crippen molar-refractivity contribution >= 4 is 63.3 Å². The van der Waals surface area contributed by atoms with E-state index in [0.717, 1.165) is 11.1 Å². The minimum Gasteiger partial charge on any atom is -0.199 e. The number of benzene rings is 2. The van der Waals surface area contributed by atoms with Gasteiger partial charge in [-0.05, 0) is 50.3 Å². The minimum atomic E-state index is -3.90. The quantitative estimate of drug-likeness (QED) is 0.508. The number of alkyl halides is 2. The molecule has 0 unspecified atom stereocenters. The summed E-state index contributed by atoms with van der Waals surface area (Å²) in [5.41, 5.74) is 2.36. The summed E-state index contributed by atoms with van der Waals surface area (Å²) >= 11 is 6.80. The van der Waals surface area contributed by atoms with Gasteiger partial charge in [-0.2, -0.15) is 25.6 Å². The molecule has 0 aliphatic heterocycles. The second-order valence-electron chi connectivity index (χ2n) is 6.75. The van der Waals surface area contributed by atoms with Crippen LogP contribution >= 0.6 is 31.9 Å². The Labute approximate surface area is 193 Å². The number of rotatable bonds is 4. The highest BCUT2D eigenvalue weighted by molar-refractivity contribution is 9.12. The first-order valence-corrected chi connectivity index (χ1v) is 13.5. The van der Waals surface area contributed by atoms with Crippen molar-refractivity contribution in [1.82, 2.24) is 0 Å². The fourth-order valence-electron chi connectivity index (χ4n) is 2.62. The summed E-state index contributed by atoms with van der Waals surface area (Å²) in [6.45, 7) is 3.73. The number of nitrogens with zero attached hydrogens (tertiary/aromatic N) is 2. The zero-order valence-electron chi connectivity index (χ0n) is 16.0. The second-order valence-corrected chi connectivity index (χ2v) is 11.9. The third kappa shape index (κ3) is 5.16. The van der Waals surface area contributed by atoms with Crippen molar-refractivity contribution in [3.63, 3.8) is 0 Å². The highest BCUT2D eigenvalue weighted by atomic mass is 79.9. The highest BCUT2D eigenvalue weighted by Crippen LogP contribution is 2.26. The molecule has 2 aromatic carbocycles. The third-order valence-corrected chi connectivity index (χ3v) is 9.68. The molecule has 0 N–H and O–H groups in total. The van der Waals surface area contributed by atoms with E-state index in [1.807, 2.05) is 13.8 Å². The van der Waals surface area contributed by atoms with Gasteiger partial charge < -0.3 is 0 Å². The molecule has 0 radical (unpaired) electrons. The van der Waals surface area contributed by atoms with Crippen LogP contribution in [0.1, 0.15) is 11.1 Å². The van der Waals surface area contributed by atoms with E-state index >= 15 is 0 Å². The normalized spacial score (nSPS) is 22.5. The molecule has 0 fully saturated rings. The van der Waals surface area contributed by atoms with Gasteiger partial charge in [0.1, 0.15) is 0 Å². The van der Waals surface area contributed by atoms with Crippen LogP contribution in [-0.4, -0.2) is 37.9 Å². The Morgan fingerprint density at radius 1 is 0.633 bits per heavy atom. The zero-order valence-corrected chi connectivity index (χ0v) is 20.8. The molecule has 0 saturated heterocycles. The molecule has 2 atom stereocenters. The molecular weight excluding hydrogens is 556 g/mol. The predicted molar refractivity (Wildman–Crippen MR) is 126 cm³/mol. The van der Waals surface area contributed by atoms with Crippen LogP contribution in [0.2, 0.25) is 0 Å². The van der Waals surface area contributed by atoms with Gasteiger partial charge in [-0.1, -0.05) is 67.3 Å². The topological polar surface area (TPSA) is 93.0 Å². The Bertz CT molecular complexity index is 1150. The summed E-state index contributed by atoms with van der Waals surface area (Å²) in [6, 6.07) is 12.8. The fraction of sp³-hybridized carbons (Fsp3) is 0.200. The van der Waals surface area contributed by atoms with E-state index in [9.17, 15) is 16.8 Å². The largest absolute Gasteiger partial charge is 0.282 e. The van der Waals surface area contributed by atoms with Crippen LogP contribution in [0.5, 0.6) is 0 Å². The lowest BCUT2D eigenvalue weighted by atomic mass is 10.0. The van der Waals surface area contributed by atoms with Crippen molar-refractivity contribution in [2.75, 3.05) is 0 Å². The van der Waals surface area contributed by atoms with Crippen molar-refractivity contribution in [2.24, 2.45) is 8.80 Å². The molecule has 3 rings (SSSR count). The lowest BCUT2D eigenvalue weighted by Gasteiger charge is -2.21. The SMILES string of the molecule is Cc1ccc(S(=O)(=O)N=C2C=CC(=NS(=O)(=O)c3ccc(C)cc3)[C@H](Br)[C@H]2Br)cc1. The van der Waals surface area contributed by atoms with Crippen LogP contribution in [0, 0.1) is 13.8 Å². The summed E-state index contributed by atoms with van der Waals surface area (Å²) in [7, 11) is -7.81. The van der Waals surface area contributed by atoms with Crippen LogP contribution in [-0.2, 0) is 20.0 Å². The van der Waals surface area contributed by atoms with E-state index in [-0.39, 0.29) is 21.2 Å². The van der Waals surface area contributed by atoms with Gasteiger partial charge in [0, 0.05) is 0 Å². The van der Waals surface area contributed by atoms with E-state index in [4.69, 9.17) is 0 Å². The molecule has 1 aliphatic carbocycles. The summed E-state index contributed by atoms with van der Waals surface area (Å²) in [5, 5.41) is 0. The number of halogens is 2. The Hall–Kier alpha value is -1.62. The summed E-state index contributed by atoms with van der Waals surface area (Å²) in [6.07, 6.45) is 2.90. The molecule has 0 heterocycles. The number of aryl methyl sites for hydroxylation is 2. The van der Waals surface area contributed by atoms with Crippen molar-refractivity contribution in [3.05, 3.63) is 71.8 Å². The van der Waals surface area contributed by atoms with Crippen LogP contribution in [0.15, 0.2) is 79.3 Å². The molecular formula is C20H18Br2N2O4S2. The van der Waals surface area contributed by atoms with Crippen molar-refractivity contribution in [1.29, 1.82) is 0 Å². The maximum absolute atomic E-state index is 12.6. The Morgan fingerprint density at radius 2 is 0.933 bits per heavy atom. The Balaban J connectivity index is 1.94. The van der Waals surface area contributed by atoms with Gasteiger partial charge >= 0.3 is 0 Å². The van der Waals surface area contributed by atoms with Crippen molar-refractivity contribution in [3.8, 4) is 0 Å². The molecule has 2 aromatic rings. The molecule has 0 spiro atoms. The van der Waals surface area contributed by atoms with Crippen LogP contribution < -0.4 is 0 Å². The number of hydrogen-bond acceptors (Lipinski definition) is 4. The number of sulfonamides is 2. The standard InChI is InChI=1S/C20H18Br2N2O4S2/c1-13-3-7-15(8-4-13)29(25,26)23-17-11-12-18(20(22)19(17)21)24-30(27,28)16-9-5-14(2)6-10-16/h3-12,19-20H,1-2H3/t19-,20-/m0/s1. The van der Waals surface area contributed by atoms with Crippen LogP contribution in [0.3, 0.4) is 0 Å². The van der Waals surface area contributed by atoms with E-state index in [0.29, 0.717) is 0 Å². The van der Waals surface area contributed by atoms with E-state index in [1.54, 1.807) is 24.3 Å². The molecule has 6 nitrogen and oxygen atoms in total. The van der Waals surface area contributed by atoms with Gasteiger partial charge in [-0.25, -0.2) is 0 Å². The number of allylic oxidation sites excluding steroid dienone is 2. The second kappa shape index (κ2) is 8.86. The average molecular weight is 574 g/mol. The van der Waals surface area contributed by atoms with Crippen molar-refractivity contribution < 1.29 is 16.8 Å². The monoisotopic (exact) mass is 572 g/mol. The van der Waals surface area contributed by atoms with Gasteiger partial charge in [0.15, 0.2) is 0 Å².